The lowest BCUT2D eigenvalue weighted by molar-refractivity contribution is 0.00575. The van der Waals surface area contributed by atoms with Gasteiger partial charge in [-0.2, -0.15) is 0 Å². The van der Waals surface area contributed by atoms with E-state index in [1.165, 1.54) is 12.8 Å². The second-order valence-electron chi connectivity index (χ2n) is 42.4. The molecule has 0 aliphatic heterocycles. The second kappa shape index (κ2) is 36.6. The van der Waals surface area contributed by atoms with Crippen LogP contribution in [0.25, 0.3) is 0 Å². The van der Waals surface area contributed by atoms with Gasteiger partial charge in [-0.15, -0.1) is 0 Å². The van der Waals surface area contributed by atoms with E-state index in [0.717, 1.165) is 41.4 Å². The monoisotopic (exact) mass is 1170 g/mol. The van der Waals surface area contributed by atoms with Crippen molar-refractivity contribution in [1.82, 2.24) is 0 Å². The Kier molecular flexibility index (Phi) is 45.1. The van der Waals surface area contributed by atoms with Gasteiger partial charge in [0.2, 0.25) is 0 Å². The first-order valence-corrected chi connectivity index (χ1v) is 34.4. The maximum Gasteiger partial charge on any atom is -0.0257 e. The van der Waals surface area contributed by atoms with Crippen molar-refractivity contribution in [3.63, 3.8) is 0 Å². The van der Waals surface area contributed by atoms with Crippen LogP contribution < -0.4 is 0 Å². The molecule has 0 N–H and O–H groups in total. The highest BCUT2D eigenvalue weighted by Crippen LogP contribution is 2.51. The molecule has 0 bridgehead atoms. The Morgan fingerprint density at radius 3 is 0.476 bits per heavy atom. The minimum atomic E-state index is 0.375. The second-order valence-corrected chi connectivity index (χ2v) is 42.4. The molecule has 0 aromatic rings. The van der Waals surface area contributed by atoms with Crippen LogP contribution in [0.3, 0.4) is 0 Å². The third-order valence-corrected chi connectivity index (χ3v) is 24.6. The molecule has 0 radical (unpaired) electrons. The Morgan fingerprint density at radius 1 is 0.244 bits per heavy atom. The zero-order valence-corrected chi connectivity index (χ0v) is 70.5. The molecule has 0 aromatic heterocycles. The molecule has 82 heavy (non-hydrogen) atoms. The van der Waals surface area contributed by atoms with Crippen LogP contribution in [0.2, 0.25) is 0 Å². The molecule has 0 saturated heterocycles. The summed E-state index contributed by atoms with van der Waals surface area (Å²) in [5.74, 6) is 5.58. The van der Waals surface area contributed by atoms with Gasteiger partial charge in [0.05, 0.1) is 0 Å². The minimum Gasteiger partial charge on any atom is -0.0651 e. The van der Waals surface area contributed by atoms with Crippen molar-refractivity contribution >= 4 is 0 Å². The zero-order valence-electron chi connectivity index (χ0n) is 70.5. The average molecular weight is 1170 g/mol. The van der Waals surface area contributed by atoms with Gasteiger partial charge in [0, 0.05) is 0 Å². The van der Waals surface area contributed by atoms with Crippen LogP contribution >= 0.6 is 0 Å². The van der Waals surface area contributed by atoms with E-state index in [1.54, 1.807) is 0 Å². The summed E-state index contributed by atoms with van der Waals surface area (Å²) in [4.78, 5) is 0. The smallest absolute Gasteiger partial charge is 0.0257 e. The largest absolute Gasteiger partial charge is 0.0651 e. The van der Waals surface area contributed by atoms with Crippen molar-refractivity contribution in [2.45, 2.75) is 407 Å². The highest BCUT2D eigenvalue weighted by Gasteiger charge is 2.42. The molecule has 0 rings (SSSR count). The molecule has 2 atom stereocenters. The Morgan fingerprint density at radius 2 is 0.476 bits per heavy atom. The summed E-state index contributed by atoms with van der Waals surface area (Å²) in [6.07, 6.45) is 2.56. The number of hydrogen-bond donors (Lipinski definition) is 0. The van der Waals surface area contributed by atoms with Crippen LogP contribution in [0.1, 0.15) is 407 Å². The van der Waals surface area contributed by atoms with Gasteiger partial charge in [-0.3, -0.25) is 0 Å². The summed E-state index contributed by atoms with van der Waals surface area (Å²) in [6.45, 7) is 131. The first-order chi connectivity index (χ1) is 34.4. The van der Waals surface area contributed by atoms with Crippen LogP contribution in [-0.4, -0.2) is 0 Å². The molecule has 0 unspecified atom stereocenters. The van der Waals surface area contributed by atoms with Crippen molar-refractivity contribution in [1.29, 1.82) is 0 Å². The van der Waals surface area contributed by atoms with Crippen molar-refractivity contribution in [3.05, 3.63) is 0 Å². The standard InChI is InChI=1S/C11H24.2C10H22.3C9H20.3C8H18/c1-9(2,3)11(7,8)10(4,5)6;1-8(9(2,3)4)10(5,6)7;1-8(2)10(6,7)9(3,4)5;1-7-9(5,6)8(2,3)4;1-7(2)8(3)9(4,5)6;1-7(2)9(5,6)8(3)4;2*1-7(2,3)8(4,5)6;1-6-7(2)8(3,4)5/h1-8H3;2*8H,1-7H3;7H2,1-6H3;2*7-8H,1-6H3;2*1-6H3;7H,6H2,1-5H3/t;;;;8-;;;;7-/m....1...1/s1. The van der Waals surface area contributed by atoms with Gasteiger partial charge in [0.25, 0.3) is 0 Å². The predicted octanol–water partition coefficient (Wildman–Crippen LogP) is 30.9. The molecule has 0 aliphatic rings. The molecule has 0 fully saturated rings. The summed E-state index contributed by atoms with van der Waals surface area (Å²) in [5, 5.41) is 0. The molecule has 0 aliphatic carbocycles. The molecule has 0 heterocycles. The summed E-state index contributed by atoms with van der Waals surface area (Å²) >= 11 is 0. The molecule has 0 amide bonds. The third-order valence-electron chi connectivity index (χ3n) is 24.6. The van der Waals surface area contributed by atoms with Crippen LogP contribution in [-0.2, 0) is 0 Å². The number of hydrogen-bond acceptors (Lipinski definition) is 0. The normalized spacial score (nSPS) is 14.7. The average Bonchev–Trinajstić information content (AvgIpc) is 3.17. The van der Waals surface area contributed by atoms with Crippen LogP contribution in [0.15, 0.2) is 0 Å². The van der Waals surface area contributed by atoms with Gasteiger partial charge in [0.15, 0.2) is 0 Å². The Bertz CT molecular complexity index is 1410. The van der Waals surface area contributed by atoms with E-state index in [2.05, 4.69) is 395 Å². The van der Waals surface area contributed by atoms with Crippen molar-refractivity contribution in [2.75, 3.05) is 0 Å². The fraction of sp³-hybridized carbons (Fsp3) is 1.00. The van der Waals surface area contributed by atoms with E-state index in [0.29, 0.717) is 86.6 Å². The van der Waals surface area contributed by atoms with Gasteiger partial charge in [-0.25, -0.2) is 0 Å². The SMILES string of the molecule is CC(C(C)(C)C)C(C)(C)C.CC(C)(C)C(C)(C)C.CC(C)(C)C(C)(C)C.CC(C)(C)C(C)(C)C(C)(C)C.CC(C)C(C)(C)C(C)(C)C.CC(C)C(C)(C)C(C)C.CC(C)[C@@H](C)C(C)(C)C.CCC(C)(C)C(C)(C)C.CC[C@@H](C)C(C)(C)C. The minimum absolute atomic E-state index is 0.375. The van der Waals surface area contributed by atoms with Gasteiger partial charge in [-0.05, 0) is 128 Å². The zero-order chi connectivity index (χ0) is 70.5. The van der Waals surface area contributed by atoms with Gasteiger partial charge in [0.1, 0.15) is 0 Å². The summed E-state index contributed by atoms with van der Waals surface area (Å²) in [7, 11) is 0. The fourth-order valence-corrected chi connectivity index (χ4v) is 6.10. The lowest BCUT2D eigenvalue weighted by Crippen LogP contribution is -2.41. The highest BCUT2D eigenvalue weighted by molar-refractivity contribution is 4.92. The number of rotatable bonds is 6. The van der Waals surface area contributed by atoms with E-state index in [-0.39, 0.29) is 0 Å². The molecular formula is C82H182. The van der Waals surface area contributed by atoms with Gasteiger partial charge >= 0.3 is 0 Å². The predicted molar refractivity (Wildman–Crippen MR) is 396 cm³/mol. The Labute approximate surface area is 532 Å². The third kappa shape index (κ3) is 45.3. The molecule has 0 saturated carbocycles. The quantitative estimate of drug-likeness (QED) is 0.249. The van der Waals surface area contributed by atoms with E-state index < -0.39 is 0 Å². The van der Waals surface area contributed by atoms with E-state index in [4.69, 9.17) is 0 Å². The molecule has 510 valence electrons. The van der Waals surface area contributed by atoms with E-state index >= 15 is 0 Å². The summed E-state index contributed by atoms with van der Waals surface area (Å²) in [6, 6.07) is 0. The van der Waals surface area contributed by atoms with Gasteiger partial charge < -0.3 is 0 Å². The summed E-state index contributed by atoms with van der Waals surface area (Å²) < 4.78 is 0. The maximum atomic E-state index is 2.35. The first-order valence-electron chi connectivity index (χ1n) is 34.4. The highest BCUT2D eigenvalue weighted by atomic mass is 14.5. The first kappa shape index (κ1) is 101. The van der Waals surface area contributed by atoms with Crippen LogP contribution in [0.5, 0.6) is 0 Å². The van der Waals surface area contributed by atoms with E-state index in [1.807, 2.05) is 0 Å². The van der Waals surface area contributed by atoms with Crippen LogP contribution in [0.4, 0.5) is 0 Å². The lowest BCUT2D eigenvalue weighted by atomic mass is 9.56. The lowest BCUT2D eigenvalue weighted by Gasteiger charge is -2.49. The molecule has 0 aromatic carbocycles. The molecule has 0 spiro atoms. The van der Waals surface area contributed by atoms with Crippen molar-refractivity contribution in [2.24, 2.45) is 128 Å². The van der Waals surface area contributed by atoms with E-state index in [9.17, 15) is 0 Å². The fourth-order valence-electron chi connectivity index (χ4n) is 6.10. The molecular weight excluding hydrogens is 985 g/mol. The Hall–Kier alpha value is 0. The molecule has 0 heteroatoms. The van der Waals surface area contributed by atoms with Gasteiger partial charge in [-0.1, -0.05) is 407 Å². The maximum absolute atomic E-state index is 2.35. The van der Waals surface area contributed by atoms with Crippen LogP contribution in [0, 0.1) is 128 Å². The topological polar surface area (TPSA) is 0 Å². The van der Waals surface area contributed by atoms with Crippen molar-refractivity contribution in [3.8, 4) is 0 Å². The molecule has 0 nitrogen and oxygen atoms in total. The summed E-state index contributed by atoms with van der Waals surface area (Å²) in [5.41, 5.74) is 7.04. The van der Waals surface area contributed by atoms with Crippen molar-refractivity contribution < 1.29 is 0 Å². The Balaban J connectivity index is -0.000000105.